The van der Waals surface area contributed by atoms with E-state index < -0.39 is 0 Å². The quantitative estimate of drug-likeness (QED) is 0.499. The van der Waals surface area contributed by atoms with Crippen LogP contribution in [-0.4, -0.2) is 21.7 Å². The summed E-state index contributed by atoms with van der Waals surface area (Å²) in [6.07, 6.45) is 0.875. The van der Waals surface area contributed by atoms with Crippen molar-refractivity contribution in [1.29, 1.82) is 0 Å². The molecule has 4 nitrogen and oxygen atoms in total. The van der Waals surface area contributed by atoms with Crippen molar-refractivity contribution in [1.82, 2.24) is 9.97 Å². The van der Waals surface area contributed by atoms with E-state index in [1.54, 1.807) is 0 Å². The molecule has 0 unspecified atom stereocenters. The van der Waals surface area contributed by atoms with Gasteiger partial charge in [0.05, 0.1) is 22.2 Å². The molecule has 0 amide bonds. The molecular formula is C18H19N3O. The molecule has 0 aliphatic heterocycles. The minimum absolute atomic E-state index is 0.319. The number of nitrogen functional groups attached to an aromatic ring is 1. The summed E-state index contributed by atoms with van der Waals surface area (Å²) in [5.74, 6) is 0. The lowest BCUT2D eigenvalue weighted by Gasteiger charge is -2.02. The number of aliphatic hydroxyl groups excluding tert-OH is 1. The molecule has 0 aliphatic carbocycles. The lowest BCUT2D eigenvalue weighted by Crippen LogP contribution is -1.91. The zero-order valence-corrected chi connectivity index (χ0v) is 12.5. The number of H-pyrrole nitrogens is 1. The average Bonchev–Trinajstić information content (AvgIpc) is 2.95. The van der Waals surface area contributed by atoms with Gasteiger partial charge in [-0.3, -0.25) is 0 Å². The van der Waals surface area contributed by atoms with Crippen molar-refractivity contribution in [2.75, 3.05) is 12.3 Å². The number of aromatic nitrogens is 2. The molecule has 0 fully saturated rings. The Hall–Kier alpha value is -2.59. The largest absolute Gasteiger partial charge is 0.396 e. The van der Waals surface area contributed by atoms with E-state index in [4.69, 9.17) is 15.8 Å². The van der Waals surface area contributed by atoms with Gasteiger partial charge in [-0.25, -0.2) is 4.98 Å². The van der Waals surface area contributed by atoms with Crippen LogP contribution in [0, 0.1) is 0 Å². The van der Waals surface area contributed by atoms with Crippen LogP contribution >= 0.6 is 0 Å². The van der Waals surface area contributed by atoms with Crippen LogP contribution in [0.1, 0.15) is 13.3 Å². The van der Waals surface area contributed by atoms with E-state index in [-0.39, 0.29) is 0 Å². The van der Waals surface area contributed by atoms with E-state index in [2.05, 4.69) is 11.1 Å². The van der Waals surface area contributed by atoms with Crippen LogP contribution in [0.2, 0.25) is 0 Å². The summed E-state index contributed by atoms with van der Waals surface area (Å²) in [7, 11) is 0. The SMILES string of the molecule is CCCO.Nc1c2ccccc2nc2c1[nH]c1ccccc12. The fraction of sp³-hybridized carbons (Fsp3) is 0.167. The second kappa shape index (κ2) is 6.03. The average molecular weight is 293 g/mol. The highest BCUT2D eigenvalue weighted by molar-refractivity contribution is 6.14. The second-order valence-electron chi connectivity index (χ2n) is 5.16. The van der Waals surface area contributed by atoms with Crippen molar-refractivity contribution in [2.45, 2.75) is 13.3 Å². The lowest BCUT2D eigenvalue weighted by atomic mass is 10.1. The molecular weight excluding hydrogens is 274 g/mol. The fourth-order valence-electron chi connectivity index (χ4n) is 2.49. The molecule has 0 aliphatic rings. The summed E-state index contributed by atoms with van der Waals surface area (Å²) >= 11 is 0. The number of hydrogen-bond acceptors (Lipinski definition) is 3. The molecule has 0 spiro atoms. The number of para-hydroxylation sites is 2. The van der Waals surface area contributed by atoms with Crippen LogP contribution in [0.3, 0.4) is 0 Å². The maximum atomic E-state index is 7.88. The van der Waals surface area contributed by atoms with Crippen LogP contribution in [0.15, 0.2) is 48.5 Å². The molecule has 4 N–H and O–H groups in total. The minimum atomic E-state index is 0.319. The van der Waals surface area contributed by atoms with Gasteiger partial charge in [0.2, 0.25) is 0 Å². The van der Waals surface area contributed by atoms with Crippen LogP contribution in [0.4, 0.5) is 5.69 Å². The van der Waals surface area contributed by atoms with E-state index in [1.165, 1.54) is 0 Å². The number of fused-ring (bicyclic) bond motifs is 4. The number of nitrogens with one attached hydrogen (secondary N) is 1. The summed E-state index contributed by atoms with van der Waals surface area (Å²) in [5.41, 5.74) is 10.9. The lowest BCUT2D eigenvalue weighted by molar-refractivity contribution is 0.295. The summed E-state index contributed by atoms with van der Waals surface area (Å²) < 4.78 is 0. The van der Waals surface area contributed by atoms with E-state index >= 15 is 0 Å². The van der Waals surface area contributed by atoms with Crippen molar-refractivity contribution in [3.8, 4) is 0 Å². The van der Waals surface area contributed by atoms with Gasteiger partial charge in [0.25, 0.3) is 0 Å². The Balaban J connectivity index is 0.000000325. The molecule has 0 bridgehead atoms. The minimum Gasteiger partial charge on any atom is -0.396 e. The number of nitrogens with two attached hydrogens (primary N) is 1. The van der Waals surface area contributed by atoms with Gasteiger partial charge in [-0.2, -0.15) is 0 Å². The fourth-order valence-corrected chi connectivity index (χ4v) is 2.49. The van der Waals surface area contributed by atoms with Gasteiger partial charge in [0.15, 0.2) is 0 Å². The van der Waals surface area contributed by atoms with E-state index in [0.717, 1.165) is 44.9 Å². The zero-order chi connectivity index (χ0) is 15.5. The molecule has 0 saturated heterocycles. The molecule has 2 aromatic heterocycles. The van der Waals surface area contributed by atoms with Gasteiger partial charge in [-0.15, -0.1) is 0 Å². The smallest absolute Gasteiger partial charge is 0.0986 e. The third-order valence-corrected chi connectivity index (χ3v) is 3.60. The molecule has 4 rings (SSSR count). The monoisotopic (exact) mass is 293 g/mol. The predicted molar refractivity (Wildman–Crippen MR) is 92.9 cm³/mol. The highest BCUT2D eigenvalue weighted by atomic mass is 16.2. The van der Waals surface area contributed by atoms with Gasteiger partial charge in [0, 0.05) is 22.9 Å². The number of anilines is 1. The first-order valence-corrected chi connectivity index (χ1v) is 7.41. The molecule has 112 valence electrons. The predicted octanol–water partition coefficient (Wildman–Crippen LogP) is 3.84. The Kier molecular flexibility index (Phi) is 3.94. The first kappa shape index (κ1) is 14.4. The Morgan fingerprint density at radius 3 is 2.41 bits per heavy atom. The van der Waals surface area contributed by atoms with E-state index in [0.29, 0.717) is 6.61 Å². The van der Waals surface area contributed by atoms with Crippen LogP contribution in [-0.2, 0) is 0 Å². The van der Waals surface area contributed by atoms with Crippen molar-refractivity contribution < 1.29 is 5.11 Å². The van der Waals surface area contributed by atoms with E-state index in [1.807, 2.05) is 49.4 Å². The zero-order valence-electron chi connectivity index (χ0n) is 12.5. The van der Waals surface area contributed by atoms with Crippen molar-refractivity contribution in [2.24, 2.45) is 0 Å². The van der Waals surface area contributed by atoms with Crippen molar-refractivity contribution in [3.05, 3.63) is 48.5 Å². The number of rotatable bonds is 1. The molecule has 2 heterocycles. The third kappa shape index (κ3) is 2.38. The van der Waals surface area contributed by atoms with Gasteiger partial charge in [-0.1, -0.05) is 43.3 Å². The summed E-state index contributed by atoms with van der Waals surface area (Å²) in [6.45, 7) is 2.25. The van der Waals surface area contributed by atoms with Crippen LogP contribution in [0.25, 0.3) is 32.8 Å². The van der Waals surface area contributed by atoms with Crippen molar-refractivity contribution in [3.63, 3.8) is 0 Å². The molecule has 4 aromatic rings. The Morgan fingerprint density at radius 1 is 1.05 bits per heavy atom. The molecule has 0 radical (unpaired) electrons. The molecule has 0 atom stereocenters. The summed E-state index contributed by atoms with van der Waals surface area (Å²) in [4.78, 5) is 8.07. The second-order valence-corrected chi connectivity index (χ2v) is 5.16. The third-order valence-electron chi connectivity index (χ3n) is 3.60. The molecule has 2 aromatic carbocycles. The van der Waals surface area contributed by atoms with Gasteiger partial charge in [-0.05, 0) is 18.6 Å². The highest BCUT2D eigenvalue weighted by Gasteiger charge is 2.10. The first-order valence-electron chi connectivity index (χ1n) is 7.41. The molecule has 22 heavy (non-hydrogen) atoms. The number of aliphatic hydroxyl groups is 1. The molecule has 4 heteroatoms. The standard InChI is InChI=1S/C15H11N3.C3H8O/c16-13-9-5-1-3-7-11(9)17-14-10-6-2-4-8-12(10)18-15(13)14;1-2-3-4/h1-8,18H,(H2,16,17);4H,2-3H2,1H3. The van der Waals surface area contributed by atoms with Crippen molar-refractivity contribution >= 4 is 38.5 Å². The first-order chi connectivity index (χ1) is 10.8. The van der Waals surface area contributed by atoms with Crippen LogP contribution in [0.5, 0.6) is 0 Å². The maximum absolute atomic E-state index is 7.88. The number of benzene rings is 2. The Labute approximate surface area is 128 Å². The number of aromatic amines is 1. The number of hydrogen-bond donors (Lipinski definition) is 3. The number of nitrogens with zero attached hydrogens (tertiary/aromatic N) is 1. The van der Waals surface area contributed by atoms with Gasteiger partial charge < -0.3 is 15.8 Å². The number of pyridine rings is 1. The Bertz CT molecular complexity index is 925. The molecule has 0 saturated carbocycles. The van der Waals surface area contributed by atoms with Gasteiger partial charge in [0.1, 0.15) is 0 Å². The summed E-state index contributed by atoms with van der Waals surface area (Å²) in [6, 6.07) is 16.1. The van der Waals surface area contributed by atoms with E-state index in [9.17, 15) is 0 Å². The highest BCUT2D eigenvalue weighted by Crippen LogP contribution is 2.32. The normalized spacial score (nSPS) is 10.8. The van der Waals surface area contributed by atoms with Crippen LogP contribution < -0.4 is 5.73 Å². The summed E-state index contributed by atoms with van der Waals surface area (Å²) in [5, 5.41) is 9.99. The van der Waals surface area contributed by atoms with Gasteiger partial charge >= 0.3 is 0 Å². The topological polar surface area (TPSA) is 74.9 Å². The Morgan fingerprint density at radius 2 is 1.68 bits per heavy atom. The maximum Gasteiger partial charge on any atom is 0.0986 e.